The van der Waals surface area contributed by atoms with Gasteiger partial charge in [-0.1, -0.05) is 94.8 Å². The van der Waals surface area contributed by atoms with Crippen molar-refractivity contribution in [2.24, 2.45) is 5.92 Å². The molecule has 0 heterocycles. The minimum absolute atomic E-state index is 0. The van der Waals surface area contributed by atoms with Gasteiger partial charge in [-0.25, -0.2) is 0 Å². The molecule has 0 aromatic heterocycles. The second-order valence-corrected chi connectivity index (χ2v) is 18.6. The molecule has 0 saturated carbocycles. The summed E-state index contributed by atoms with van der Waals surface area (Å²) in [6, 6.07) is 36.2. The molecule has 43 heavy (non-hydrogen) atoms. The molecule has 0 spiro atoms. The molecule has 0 N–H and O–H groups in total. The van der Waals surface area contributed by atoms with E-state index in [0.717, 1.165) is 5.92 Å². The van der Waals surface area contributed by atoms with Crippen LogP contribution in [-0.2, 0) is 6.42 Å². The van der Waals surface area contributed by atoms with Crippen molar-refractivity contribution in [3.05, 3.63) is 134 Å². The summed E-state index contributed by atoms with van der Waals surface area (Å²) in [5.74, 6) is 1.37. The fourth-order valence-corrected chi connectivity index (χ4v) is 7.82. The summed E-state index contributed by atoms with van der Waals surface area (Å²) in [5.41, 5.74) is 5.58. The van der Waals surface area contributed by atoms with Crippen molar-refractivity contribution < 1.29 is 67.6 Å². The normalized spacial score (nSPS) is 12.6. The van der Waals surface area contributed by atoms with Crippen LogP contribution in [-0.4, -0.2) is 0 Å². The molecule has 0 nitrogen and oxygen atoms in total. The number of benzene rings is 4. The maximum atomic E-state index is 9.87. The number of hydrogen-bond donors (Lipinski definition) is 0. The molecule has 0 unspecified atom stereocenters. The standard InChI is InChI=1S/C17H20I.C16H18I.CH4.F6P/c1-13(2)12-15-6-10-17(11-7-15)18-16-8-4-14(3)5-9-16;1-12(2)14-6-10-16(11-7-14)17-15-8-4-13(3)5-9-15;;1-7(2,3,4,5)6/h4-11,13H,12H2,1-3H3;4-12H,1-3H3;1H4;/q2*+1;;-1. The zero-order valence-electron chi connectivity index (χ0n) is 24.6. The first-order chi connectivity index (χ1) is 19.2. The topological polar surface area (TPSA) is 0 Å². The molecular weight excluding hydrogens is 807 g/mol. The minimum atomic E-state index is -10.7. The molecule has 0 aliphatic carbocycles. The molecule has 4 aromatic rings. The van der Waals surface area contributed by atoms with Gasteiger partial charge in [0.15, 0.2) is 14.3 Å². The van der Waals surface area contributed by atoms with Crippen LogP contribution in [0, 0.1) is 34.0 Å². The van der Waals surface area contributed by atoms with E-state index in [1.54, 1.807) is 0 Å². The molecule has 0 amide bonds. The number of hydrogen-bond acceptors (Lipinski definition) is 0. The Morgan fingerprint density at radius 1 is 0.512 bits per heavy atom. The van der Waals surface area contributed by atoms with Crippen molar-refractivity contribution in [3.63, 3.8) is 0 Å². The quantitative estimate of drug-likeness (QED) is 0.112. The average Bonchev–Trinajstić information content (AvgIpc) is 2.87. The van der Waals surface area contributed by atoms with E-state index in [9.17, 15) is 25.2 Å². The molecule has 0 bridgehead atoms. The van der Waals surface area contributed by atoms with Crippen LogP contribution in [0.25, 0.3) is 0 Å². The van der Waals surface area contributed by atoms with Crippen molar-refractivity contribution in [2.75, 3.05) is 0 Å². The SMILES string of the molecule is C.Cc1ccc([I+]c2ccc(C(C)C)cc2)cc1.Cc1ccc([I+]c2ccc(CC(C)C)cc2)cc1.F[P-](F)(F)(F)(F)F. The Morgan fingerprint density at radius 2 is 0.791 bits per heavy atom. The van der Waals surface area contributed by atoms with E-state index in [2.05, 4.69) is 139 Å². The summed E-state index contributed by atoms with van der Waals surface area (Å²) in [4.78, 5) is 0. The van der Waals surface area contributed by atoms with E-state index in [1.165, 1.54) is 43.0 Å². The average molecular weight is 849 g/mol. The van der Waals surface area contributed by atoms with Gasteiger partial charge in [0.2, 0.25) is 0 Å². The second kappa shape index (κ2) is 16.1. The summed E-state index contributed by atoms with van der Waals surface area (Å²) in [7, 11) is -10.7. The van der Waals surface area contributed by atoms with Crippen LogP contribution in [0.2, 0.25) is 0 Å². The molecule has 238 valence electrons. The Balaban J connectivity index is 0.000000348. The van der Waals surface area contributed by atoms with Crippen molar-refractivity contribution in [3.8, 4) is 0 Å². The summed E-state index contributed by atoms with van der Waals surface area (Å²) < 4.78 is 65.2. The van der Waals surface area contributed by atoms with Crippen LogP contribution in [0.5, 0.6) is 0 Å². The maximum absolute atomic E-state index is 10.7. The third kappa shape index (κ3) is 20.1. The zero-order chi connectivity index (χ0) is 31.6. The Bertz CT molecular complexity index is 1360. The Kier molecular flexibility index (Phi) is 14.7. The predicted octanol–water partition coefficient (Wildman–Crippen LogP) is 6.59. The van der Waals surface area contributed by atoms with Crippen molar-refractivity contribution in [1.29, 1.82) is 0 Å². The van der Waals surface area contributed by atoms with E-state index < -0.39 is 7.81 Å². The number of rotatable bonds is 7. The summed E-state index contributed by atoms with van der Waals surface area (Å²) >= 11 is -0.0346. The Morgan fingerprint density at radius 3 is 1.07 bits per heavy atom. The summed E-state index contributed by atoms with van der Waals surface area (Å²) in [6.45, 7) is 13.3. The van der Waals surface area contributed by atoms with Crippen LogP contribution in [0.4, 0.5) is 25.2 Å². The van der Waals surface area contributed by atoms with Gasteiger partial charge in [0.25, 0.3) is 0 Å². The second-order valence-electron chi connectivity index (χ2n) is 10.7. The molecule has 4 aromatic carbocycles. The van der Waals surface area contributed by atoms with Crippen LogP contribution >= 0.6 is 7.81 Å². The van der Waals surface area contributed by atoms with Crippen molar-refractivity contribution >= 4 is 7.81 Å². The Labute approximate surface area is 274 Å². The molecular formula is C34H42F6I2P+. The zero-order valence-corrected chi connectivity index (χ0v) is 29.8. The van der Waals surface area contributed by atoms with Crippen LogP contribution in [0.1, 0.15) is 63.3 Å². The van der Waals surface area contributed by atoms with E-state index >= 15 is 0 Å². The first-order valence-electron chi connectivity index (χ1n) is 13.4. The fraction of sp³-hybridized carbons (Fsp3) is 0.294. The van der Waals surface area contributed by atoms with Crippen LogP contribution < -0.4 is 42.4 Å². The molecule has 4 rings (SSSR count). The van der Waals surface area contributed by atoms with E-state index in [4.69, 9.17) is 0 Å². The summed E-state index contributed by atoms with van der Waals surface area (Å²) in [6.07, 6.45) is 1.18. The van der Waals surface area contributed by atoms with Crippen LogP contribution in [0.3, 0.4) is 0 Å². The van der Waals surface area contributed by atoms with Gasteiger partial charge < -0.3 is 0 Å². The first kappa shape index (κ1) is 39.4. The molecule has 0 radical (unpaired) electrons. The van der Waals surface area contributed by atoms with Crippen molar-refractivity contribution in [1.82, 2.24) is 0 Å². The van der Waals surface area contributed by atoms with E-state index in [-0.39, 0.29) is 49.8 Å². The number of halogens is 8. The fourth-order valence-electron chi connectivity index (χ4n) is 3.51. The van der Waals surface area contributed by atoms with Gasteiger partial charge in [-0.2, -0.15) is 0 Å². The Hall–Kier alpha value is -1.65. The van der Waals surface area contributed by atoms with Gasteiger partial charge in [0.1, 0.15) is 0 Å². The number of aryl methyl sites for hydroxylation is 2. The monoisotopic (exact) mass is 849 g/mol. The summed E-state index contributed by atoms with van der Waals surface area (Å²) in [5, 5.41) is 0. The molecule has 0 aliphatic rings. The van der Waals surface area contributed by atoms with Gasteiger partial charge in [0, 0.05) is 0 Å². The predicted molar refractivity (Wildman–Crippen MR) is 163 cm³/mol. The molecule has 9 heteroatoms. The van der Waals surface area contributed by atoms with E-state index in [1.807, 2.05) is 0 Å². The first-order valence-corrected chi connectivity index (χ1v) is 19.8. The molecule has 0 fully saturated rings. The van der Waals surface area contributed by atoms with Gasteiger partial charge in [-0.05, 0) is 91.8 Å². The van der Waals surface area contributed by atoms with Crippen molar-refractivity contribution in [2.45, 2.75) is 61.3 Å². The molecule has 0 saturated heterocycles. The third-order valence-electron chi connectivity index (χ3n) is 5.55. The van der Waals surface area contributed by atoms with Gasteiger partial charge in [-0.15, -0.1) is 0 Å². The van der Waals surface area contributed by atoms with Crippen LogP contribution in [0.15, 0.2) is 97.1 Å². The van der Waals surface area contributed by atoms with Gasteiger partial charge >= 0.3 is 75.4 Å². The third-order valence-corrected chi connectivity index (χ3v) is 10.9. The molecule has 0 atom stereocenters. The molecule has 0 aliphatic heterocycles. The van der Waals surface area contributed by atoms with E-state index in [0.29, 0.717) is 5.92 Å². The van der Waals surface area contributed by atoms with Gasteiger partial charge in [0.05, 0.1) is 0 Å². The van der Waals surface area contributed by atoms with Gasteiger partial charge in [-0.3, -0.25) is 0 Å².